The molecule has 0 aliphatic carbocycles. The molecule has 5 heteroatoms. The summed E-state index contributed by atoms with van der Waals surface area (Å²) in [6, 6.07) is 5.31. The Morgan fingerprint density at radius 1 is 1.56 bits per heavy atom. The van der Waals surface area contributed by atoms with Gasteiger partial charge in [-0.1, -0.05) is 11.6 Å². The van der Waals surface area contributed by atoms with Crippen molar-refractivity contribution in [1.82, 2.24) is 4.90 Å². The minimum Gasteiger partial charge on any atom is -0.337 e. The highest BCUT2D eigenvalue weighted by Gasteiger charge is 2.24. The fourth-order valence-electron chi connectivity index (χ4n) is 1.78. The maximum absolute atomic E-state index is 12.1. The number of amides is 1. The van der Waals surface area contributed by atoms with Crippen molar-refractivity contribution in [2.45, 2.75) is 12.5 Å². The molecule has 16 heavy (non-hydrogen) atoms. The molecule has 1 aliphatic heterocycles. The predicted octanol–water partition coefficient (Wildman–Crippen LogP) is 2.28. The molecular formula is C11H12BrClN2O. The zero-order valence-electron chi connectivity index (χ0n) is 8.62. The third-order valence-electron chi connectivity index (χ3n) is 2.68. The number of hydrogen-bond donors (Lipinski definition) is 1. The molecule has 2 N–H and O–H groups in total. The van der Waals surface area contributed by atoms with E-state index in [-0.39, 0.29) is 11.9 Å². The Bertz CT molecular complexity index is 424. The number of carbonyl (C=O) groups is 1. The highest BCUT2D eigenvalue weighted by Crippen LogP contribution is 2.24. The Morgan fingerprint density at radius 2 is 2.31 bits per heavy atom. The van der Waals surface area contributed by atoms with E-state index < -0.39 is 0 Å². The van der Waals surface area contributed by atoms with Crippen LogP contribution in [0.2, 0.25) is 5.02 Å². The third-order valence-corrected chi connectivity index (χ3v) is 3.89. The van der Waals surface area contributed by atoms with Gasteiger partial charge in [0.25, 0.3) is 5.91 Å². The van der Waals surface area contributed by atoms with E-state index in [9.17, 15) is 4.79 Å². The van der Waals surface area contributed by atoms with Gasteiger partial charge in [-0.3, -0.25) is 4.79 Å². The molecule has 3 nitrogen and oxygen atoms in total. The number of likely N-dealkylation sites (tertiary alicyclic amines) is 1. The highest BCUT2D eigenvalue weighted by atomic mass is 79.9. The fraction of sp³-hybridized carbons (Fsp3) is 0.364. The van der Waals surface area contributed by atoms with Crippen LogP contribution < -0.4 is 5.73 Å². The van der Waals surface area contributed by atoms with E-state index in [0.29, 0.717) is 17.1 Å². The summed E-state index contributed by atoms with van der Waals surface area (Å²) in [5.74, 6) is 0.0188. The normalized spacial score (nSPS) is 20.2. The summed E-state index contributed by atoms with van der Waals surface area (Å²) >= 11 is 9.18. The van der Waals surface area contributed by atoms with Gasteiger partial charge < -0.3 is 10.6 Å². The number of hydrogen-bond acceptors (Lipinski definition) is 2. The average Bonchev–Trinajstić information content (AvgIpc) is 2.68. The molecule has 0 spiro atoms. The van der Waals surface area contributed by atoms with E-state index in [1.807, 2.05) is 0 Å². The van der Waals surface area contributed by atoms with Gasteiger partial charge in [-0.2, -0.15) is 0 Å². The molecule has 1 aromatic carbocycles. The Balaban J connectivity index is 2.18. The van der Waals surface area contributed by atoms with E-state index in [4.69, 9.17) is 17.3 Å². The summed E-state index contributed by atoms with van der Waals surface area (Å²) in [6.07, 6.45) is 0.875. The van der Waals surface area contributed by atoms with Crippen molar-refractivity contribution in [2.24, 2.45) is 5.73 Å². The molecule has 0 aromatic heterocycles. The fourth-order valence-corrected chi connectivity index (χ4v) is 2.28. The minimum absolute atomic E-state index is 0.0188. The van der Waals surface area contributed by atoms with E-state index >= 15 is 0 Å². The number of rotatable bonds is 1. The zero-order chi connectivity index (χ0) is 11.7. The number of nitrogens with zero attached hydrogens (tertiary/aromatic N) is 1. The van der Waals surface area contributed by atoms with Crippen LogP contribution in [0.3, 0.4) is 0 Å². The van der Waals surface area contributed by atoms with Crippen molar-refractivity contribution in [3.63, 3.8) is 0 Å². The second kappa shape index (κ2) is 4.73. The van der Waals surface area contributed by atoms with E-state index in [0.717, 1.165) is 17.4 Å². The van der Waals surface area contributed by atoms with Gasteiger partial charge in [-0.15, -0.1) is 0 Å². The average molecular weight is 304 g/mol. The van der Waals surface area contributed by atoms with Crippen LogP contribution in [-0.2, 0) is 0 Å². The molecule has 1 heterocycles. The van der Waals surface area contributed by atoms with E-state index in [1.54, 1.807) is 23.1 Å². The molecular weight excluding hydrogens is 291 g/mol. The summed E-state index contributed by atoms with van der Waals surface area (Å²) in [7, 11) is 0. The molecule has 0 bridgehead atoms. The Hall–Kier alpha value is -0.580. The van der Waals surface area contributed by atoms with Crippen molar-refractivity contribution in [3.05, 3.63) is 33.3 Å². The third kappa shape index (κ3) is 2.39. The maximum atomic E-state index is 12.1. The molecule has 0 unspecified atom stereocenters. The smallest absolute Gasteiger partial charge is 0.253 e. The van der Waals surface area contributed by atoms with Crippen LogP contribution in [0, 0.1) is 0 Å². The number of benzene rings is 1. The van der Waals surface area contributed by atoms with Crippen LogP contribution in [0.15, 0.2) is 22.7 Å². The van der Waals surface area contributed by atoms with Gasteiger partial charge in [0.1, 0.15) is 0 Å². The lowest BCUT2D eigenvalue weighted by atomic mass is 10.2. The second-order valence-corrected chi connectivity index (χ2v) is 5.19. The summed E-state index contributed by atoms with van der Waals surface area (Å²) in [5.41, 5.74) is 6.41. The maximum Gasteiger partial charge on any atom is 0.253 e. The molecule has 0 saturated carbocycles. The Kier molecular flexibility index (Phi) is 3.52. The van der Waals surface area contributed by atoms with Crippen LogP contribution in [-0.4, -0.2) is 29.9 Å². The molecule has 86 valence electrons. The zero-order valence-corrected chi connectivity index (χ0v) is 11.0. The van der Waals surface area contributed by atoms with Gasteiger partial charge in [0, 0.05) is 29.2 Å². The summed E-state index contributed by atoms with van der Waals surface area (Å²) in [5, 5.41) is 0.606. The topological polar surface area (TPSA) is 46.3 Å². The minimum atomic E-state index is 0.0188. The summed E-state index contributed by atoms with van der Waals surface area (Å²) in [6.45, 7) is 1.37. The van der Waals surface area contributed by atoms with Gasteiger partial charge in [0.05, 0.1) is 5.02 Å². The van der Waals surface area contributed by atoms with Gasteiger partial charge in [-0.25, -0.2) is 0 Å². The Morgan fingerprint density at radius 3 is 2.88 bits per heavy atom. The standard InChI is InChI=1S/C11H12BrClN2O/c12-9-5-7(1-2-10(9)13)11(16)15-4-3-8(14)6-15/h1-2,5,8H,3-4,6,14H2/t8-/m1/s1. The molecule has 1 aromatic rings. The van der Waals surface area contributed by atoms with Gasteiger partial charge in [0.15, 0.2) is 0 Å². The van der Waals surface area contributed by atoms with Crippen LogP contribution in [0.25, 0.3) is 0 Å². The Labute approximate surface area is 108 Å². The molecule has 0 radical (unpaired) electrons. The first-order valence-electron chi connectivity index (χ1n) is 5.08. The largest absolute Gasteiger partial charge is 0.337 e. The van der Waals surface area contributed by atoms with Crippen molar-refractivity contribution >= 4 is 33.4 Å². The number of nitrogens with two attached hydrogens (primary N) is 1. The van der Waals surface area contributed by atoms with Crippen molar-refractivity contribution < 1.29 is 4.79 Å². The lowest BCUT2D eigenvalue weighted by Gasteiger charge is -2.15. The lowest BCUT2D eigenvalue weighted by molar-refractivity contribution is 0.0791. The molecule has 1 atom stereocenters. The van der Waals surface area contributed by atoms with Crippen LogP contribution in [0.5, 0.6) is 0 Å². The highest BCUT2D eigenvalue weighted by molar-refractivity contribution is 9.10. The van der Waals surface area contributed by atoms with Crippen LogP contribution >= 0.6 is 27.5 Å². The van der Waals surface area contributed by atoms with Crippen molar-refractivity contribution in [3.8, 4) is 0 Å². The summed E-state index contributed by atoms with van der Waals surface area (Å²) in [4.78, 5) is 13.8. The molecule has 1 saturated heterocycles. The molecule has 1 aliphatic rings. The summed E-state index contributed by atoms with van der Waals surface area (Å²) < 4.78 is 0.739. The van der Waals surface area contributed by atoms with Gasteiger partial charge in [-0.05, 0) is 40.5 Å². The van der Waals surface area contributed by atoms with Crippen molar-refractivity contribution in [1.29, 1.82) is 0 Å². The van der Waals surface area contributed by atoms with Crippen LogP contribution in [0.4, 0.5) is 0 Å². The van der Waals surface area contributed by atoms with Gasteiger partial charge >= 0.3 is 0 Å². The monoisotopic (exact) mass is 302 g/mol. The quantitative estimate of drug-likeness (QED) is 0.865. The lowest BCUT2D eigenvalue weighted by Crippen LogP contribution is -2.31. The van der Waals surface area contributed by atoms with Crippen LogP contribution in [0.1, 0.15) is 16.8 Å². The first kappa shape index (κ1) is 11.9. The second-order valence-electron chi connectivity index (χ2n) is 3.93. The SMILES string of the molecule is N[C@@H]1CCN(C(=O)c2ccc(Cl)c(Br)c2)C1. The van der Waals surface area contributed by atoms with E-state index in [1.165, 1.54) is 0 Å². The van der Waals surface area contributed by atoms with E-state index in [2.05, 4.69) is 15.9 Å². The first-order chi connectivity index (χ1) is 7.58. The predicted molar refractivity (Wildman–Crippen MR) is 67.6 cm³/mol. The number of halogens is 2. The molecule has 1 fully saturated rings. The molecule has 1 amide bonds. The van der Waals surface area contributed by atoms with Gasteiger partial charge in [0.2, 0.25) is 0 Å². The number of carbonyl (C=O) groups excluding carboxylic acids is 1. The first-order valence-corrected chi connectivity index (χ1v) is 6.25. The van der Waals surface area contributed by atoms with Crippen molar-refractivity contribution in [2.75, 3.05) is 13.1 Å². The molecule has 2 rings (SSSR count).